The van der Waals surface area contributed by atoms with Gasteiger partial charge in [0.1, 0.15) is 11.9 Å². The highest BCUT2D eigenvalue weighted by Crippen LogP contribution is 2.24. The lowest BCUT2D eigenvalue weighted by Gasteiger charge is -2.32. The summed E-state index contributed by atoms with van der Waals surface area (Å²) < 4.78 is 58.6. The van der Waals surface area contributed by atoms with E-state index >= 15 is 0 Å². The van der Waals surface area contributed by atoms with Crippen molar-refractivity contribution in [2.45, 2.75) is 23.8 Å². The van der Waals surface area contributed by atoms with Crippen LogP contribution in [0.1, 0.15) is 12.8 Å². The van der Waals surface area contributed by atoms with Gasteiger partial charge < -0.3 is 4.74 Å². The summed E-state index contributed by atoms with van der Waals surface area (Å²) in [5, 5.41) is 0. The third-order valence-electron chi connectivity index (χ3n) is 3.82. The van der Waals surface area contributed by atoms with Crippen molar-refractivity contribution in [3.63, 3.8) is 0 Å². The van der Waals surface area contributed by atoms with Crippen LogP contribution in [0, 0.1) is 11.6 Å². The molecule has 0 radical (unpaired) electrons. The number of piperidine rings is 1. The maximum Gasteiger partial charge on any atom is 0.243 e. The van der Waals surface area contributed by atoms with E-state index in [1.165, 1.54) is 4.31 Å². The summed E-state index contributed by atoms with van der Waals surface area (Å²) in [5.74, 6) is -1.65. The number of pyridine rings is 1. The Labute approximate surface area is 138 Å². The van der Waals surface area contributed by atoms with Gasteiger partial charge in [-0.1, -0.05) is 0 Å². The van der Waals surface area contributed by atoms with E-state index in [0.29, 0.717) is 31.2 Å². The van der Waals surface area contributed by atoms with E-state index in [1.54, 1.807) is 24.5 Å². The fourth-order valence-electron chi connectivity index (χ4n) is 2.62. The molecular weight excluding hydrogens is 338 g/mol. The van der Waals surface area contributed by atoms with Gasteiger partial charge in [0.15, 0.2) is 11.6 Å². The number of sulfonamides is 1. The van der Waals surface area contributed by atoms with Crippen molar-refractivity contribution in [2.24, 2.45) is 0 Å². The Kier molecular flexibility index (Phi) is 4.77. The number of hydrogen-bond donors (Lipinski definition) is 0. The second-order valence-electron chi connectivity index (χ2n) is 5.50. The van der Waals surface area contributed by atoms with Gasteiger partial charge in [0.2, 0.25) is 10.0 Å². The van der Waals surface area contributed by atoms with Gasteiger partial charge in [0.25, 0.3) is 0 Å². The highest BCUT2D eigenvalue weighted by molar-refractivity contribution is 7.89. The van der Waals surface area contributed by atoms with Crippen LogP contribution in [0.4, 0.5) is 8.78 Å². The van der Waals surface area contributed by atoms with Gasteiger partial charge in [-0.25, -0.2) is 17.2 Å². The first kappa shape index (κ1) is 16.8. The van der Waals surface area contributed by atoms with Crippen molar-refractivity contribution in [3.8, 4) is 5.75 Å². The Bertz CT molecular complexity index is 815. The molecule has 0 saturated carbocycles. The fourth-order valence-corrected chi connectivity index (χ4v) is 4.14. The van der Waals surface area contributed by atoms with Crippen LogP contribution in [0.2, 0.25) is 0 Å². The molecule has 1 aliphatic heterocycles. The lowest BCUT2D eigenvalue weighted by Crippen LogP contribution is -2.44. The van der Waals surface area contributed by atoms with Gasteiger partial charge in [0.05, 0.1) is 11.4 Å². The molecule has 1 unspecified atom stereocenters. The highest BCUT2D eigenvalue weighted by atomic mass is 32.2. The van der Waals surface area contributed by atoms with Crippen molar-refractivity contribution in [1.82, 2.24) is 9.29 Å². The minimum Gasteiger partial charge on any atom is -0.489 e. The average Bonchev–Trinajstić information content (AvgIpc) is 2.58. The normalized spacial score (nSPS) is 19.2. The Morgan fingerprint density at radius 1 is 1.12 bits per heavy atom. The minimum atomic E-state index is -3.89. The van der Waals surface area contributed by atoms with E-state index in [1.807, 2.05) is 0 Å². The van der Waals surface area contributed by atoms with E-state index < -0.39 is 21.7 Å². The zero-order valence-electron chi connectivity index (χ0n) is 12.7. The molecule has 1 aliphatic rings. The van der Waals surface area contributed by atoms with Gasteiger partial charge in [-0.2, -0.15) is 4.31 Å². The fraction of sp³-hybridized carbons (Fsp3) is 0.312. The summed E-state index contributed by atoms with van der Waals surface area (Å²) in [6.07, 6.45) is 4.22. The maximum atomic E-state index is 13.4. The van der Waals surface area contributed by atoms with E-state index in [0.717, 1.165) is 12.1 Å². The van der Waals surface area contributed by atoms with Crippen LogP contribution in [0.25, 0.3) is 0 Å². The molecule has 0 N–H and O–H groups in total. The van der Waals surface area contributed by atoms with Crippen LogP contribution >= 0.6 is 0 Å². The standard InChI is InChI=1S/C16H16F2N2O3S/c17-15-4-3-14(10-16(15)18)24(21,22)20-9-1-2-13(11-20)23-12-5-7-19-8-6-12/h3-8,10,13H,1-2,9,11H2. The summed E-state index contributed by atoms with van der Waals surface area (Å²) in [6.45, 7) is 0.473. The van der Waals surface area contributed by atoms with Crippen LogP contribution in [0.3, 0.4) is 0 Å². The van der Waals surface area contributed by atoms with Crippen LogP contribution in [0.5, 0.6) is 5.75 Å². The monoisotopic (exact) mass is 354 g/mol. The molecule has 0 amide bonds. The Balaban J connectivity index is 1.77. The Hall–Kier alpha value is -2.06. The molecule has 0 bridgehead atoms. The number of ether oxygens (including phenoxy) is 1. The average molecular weight is 354 g/mol. The SMILES string of the molecule is O=S(=O)(c1ccc(F)c(F)c1)N1CCCC(Oc2ccncc2)C1. The topological polar surface area (TPSA) is 59.5 Å². The first-order valence-electron chi connectivity index (χ1n) is 7.49. The largest absolute Gasteiger partial charge is 0.489 e. The first-order valence-corrected chi connectivity index (χ1v) is 8.93. The molecule has 0 spiro atoms. The van der Waals surface area contributed by atoms with Gasteiger partial charge in [0, 0.05) is 18.9 Å². The van der Waals surface area contributed by atoms with Gasteiger partial charge in [-0.15, -0.1) is 0 Å². The first-order chi connectivity index (χ1) is 11.5. The van der Waals surface area contributed by atoms with Crippen LogP contribution in [0.15, 0.2) is 47.6 Å². The Morgan fingerprint density at radius 2 is 1.88 bits per heavy atom. The summed E-state index contributed by atoms with van der Waals surface area (Å²) in [6, 6.07) is 5.99. The summed E-state index contributed by atoms with van der Waals surface area (Å²) in [4.78, 5) is 3.64. The highest BCUT2D eigenvalue weighted by Gasteiger charge is 2.31. The molecule has 1 saturated heterocycles. The number of nitrogens with zero attached hydrogens (tertiary/aromatic N) is 2. The number of halogens is 2. The minimum absolute atomic E-state index is 0.156. The third kappa shape index (κ3) is 3.54. The summed E-state index contributed by atoms with van der Waals surface area (Å²) in [7, 11) is -3.89. The van der Waals surface area contributed by atoms with Gasteiger partial charge in [-0.3, -0.25) is 4.98 Å². The van der Waals surface area contributed by atoms with E-state index in [9.17, 15) is 17.2 Å². The van der Waals surface area contributed by atoms with Crippen LogP contribution in [-0.4, -0.2) is 36.9 Å². The smallest absolute Gasteiger partial charge is 0.243 e. The zero-order chi connectivity index (χ0) is 17.2. The Morgan fingerprint density at radius 3 is 2.58 bits per heavy atom. The maximum absolute atomic E-state index is 13.4. The third-order valence-corrected chi connectivity index (χ3v) is 5.68. The second kappa shape index (κ2) is 6.82. The molecule has 128 valence electrons. The van der Waals surface area contributed by atoms with Crippen molar-refractivity contribution in [2.75, 3.05) is 13.1 Å². The quantitative estimate of drug-likeness (QED) is 0.847. The predicted molar refractivity (Wildman–Crippen MR) is 83.0 cm³/mol. The molecule has 1 fully saturated rings. The molecule has 2 heterocycles. The van der Waals surface area contributed by atoms with Gasteiger partial charge >= 0.3 is 0 Å². The summed E-state index contributed by atoms with van der Waals surface area (Å²) >= 11 is 0. The molecular formula is C16H16F2N2O3S. The van der Waals surface area contributed by atoms with E-state index in [2.05, 4.69) is 4.98 Å². The molecule has 8 heteroatoms. The zero-order valence-corrected chi connectivity index (χ0v) is 13.5. The van der Waals surface area contributed by atoms with Crippen LogP contribution in [-0.2, 0) is 10.0 Å². The lowest BCUT2D eigenvalue weighted by molar-refractivity contribution is 0.129. The molecule has 3 rings (SSSR count). The van der Waals surface area contributed by atoms with Crippen molar-refractivity contribution < 1.29 is 21.9 Å². The van der Waals surface area contributed by atoms with Crippen molar-refractivity contribution in [1.29, 1.82) is 0 Å². The molecule has 24 heavy (non-hydrogen) atoms. The number of rotatable bonds is 4. The molecule has 5 nitrogen and oxygen atoms in total. The second-order valence-corrected chi connectivity index (χ2v) is 7.44. The van der Waals surface area contributed by atoms with Crippen LogP contribution < -0.4 is 4.74 Å². The predicted octanol–water partition coefficient (Wildman–Crippen LogP) is 2.59. The number of benzene rings is 1. The molecule has 2 aromatic rings. The van der Waals surface area contributed by atoms with Gasteiger partial charge in [-0.05, 0) is 43.2 Å². The van der Waals surface area contributed by atoms with E-state index in [4.69, 9.17) is 4.74 Å². The molecule has 1 aromatic heterocycles. The molecule has 1 aromatic carbocycles. The number of aromatic nitrogens is 1. The molecule has 0 aliphatic carbocycles. The lowest BCUT2D eigenvalue weighted by atomic mass is 10.1. The number of hydrogen-bond acceptors (Lipinski definition) is 4. The van der Waals surface area contributed by atoms with Crippen molar-refractivity contribution >= 4 is 10.0 Å². The van der Waals surface area contributed by atoms with Crippen molar-refractivity contribution in [3.05, 3.63) is 54.4 Å². The molecule has 1 atom stereocenters. The summed E-state index contributed by atoms with van der Waals surface area (Å²) in [5.41, 5.74) is 0. The van der Waals surface area contributed by atoms with E-state index in [-0.39, 0.29) is 17.5 Å².